The van der Waals surface area contributed by atoms with Crippen LogP contribution in [0.2, 0.25) is 0 Å². The first-order chi connectivity index (χ1) is 14.3. The third-order valence-corrected chi connectivity index (χ3v) is 4.70. The summed E-state index contributed by atoms with van der Waals surface area (Å²) < 4.78 is 4.57. The minimum Gasteiger partial charge on any atom is -0.467 e. The molecule has 0 aliphatic rings. The predicted octanol–water partition coefficient (Wildman–Crippen LogP) is 1.13. The second kappa shape index (κ2) is 14.0. The van der Waals surface area contributed by atoms with E-state index in [4.69, 9.17) is 0 Å². The van der Waals surface area contributed by atoms with Crippen molar-refractivity contribution in [3.63, 3.8) is 0 Å². The van der Waals surface area contributed by atoms with Crippen LogP contribution in [0.5, 0.6) is 0 Å². The molecule has 0 spiro atoms. The van der Waals surface area contributed by atoms with Gasteiger partial charge in [0.15, 0.2) is 0 Å². The zero-order valence-electron chi connectivity index (χ0n) is 20.2. The molecule has 0 aromatic rings. The molecular weight excluding hydrogens is 402 g/mol. The van der Waals surface area contributed by atoms with Crippen LogP contribution in [-0.4, -0.2) is 60.1 Å². The maximum absolute atomic E-state index is 12.9. The molecule has 180 valence electrons. The largest absolute Gasteiger partial charge is 0.467 e. The number of methoxy groups -OCH3 is 1. The van der Waals surface area contributed by atoms with Gasteiger partial charge in [-0.15, -0.1) is 0 Å². The lowest BCUT2D eigenvalue weighted by Crippen LogP contribution is -2.55. The van der Waals surface area contributed by atoms with Gasteiger partial charge in [0.1, 0.15) is 12.1 Å². The molecule has 0 saturated heterocycles. The van der Waals surface area contributed by atoms with Crippen molar-refractivity contribution in [3.05, 3.63) is 0 Å². The van der Waals surface area contributed by atoms with Gasteiger partial charge in [-0.1, -0.05) is 41.5 Å². The monoisotopic (exact) mass is 443 g/mol. The van der Waals surface area contributed by atoms with E-state index in [9.17, 15) is 24.3 Å². The van der Waals surface area contributed by atoms with Crippen molar-refractivity contribution in [3.8, 4) is 0 Å². The standard InChI is InChI=1S/C22H41N3O6/c1-12(2)9-16(17(26)11-19(28)23-15(7)22(30)31-8)24-21(29)20(14(5)6)25-18(27)10-13(3)4/h12-17,20,26H,9-11H2,1-8H3,(H,23,28)(H,24,29)(H,25,27). The molecule has 0 heterocycles. The van der Waals surface area contributed by atoms with Gasteiger partial charge in [-0.05, 0) is 31.1 Å². The molecule has 0 aromatic heterocycles. The molecule has 9 heteroatoms. The second-order valence-corrected chi connectivity index (χ2v) is 9.22. The Morgan fingerprint density at radius 2 is 1.35 bits per heavy atom. The zero-order valence-corrected chi connectivity index (χ0v) is 20.2. The summed E-state index contributed by atoms with van der Waals surface area (Å²) in [6.45, 7) is 12.9. The first-order valence-electron chi connectivity index (χ1n) is 10.9. The Morgan fingerprint density at radius 1 is 0.806 bits per heavy atom. The highest BCUT2D eigenvalue weighted by molar-refractivity contribution is 5.88. The molecule has 0 aliphatic heterocycles. The summed E-state index contributed by atoms with van der Waals surface area (Å²) in [4.78, 5) is 48.7. The number of hydrogen-bond acceptors (Lipinski definition) is 6. The lowest BCUT2D eigenvalue weighted by molar-refractivity contribution is -0.144. The van der Waals surface area contributed by atoms with Crippen molar-refractivity contribution in [1.29, 1.82) is 0 Å². The number of aliphatic hydroxyl groups is 1. The molecule has 0 rings (SSSR count). The van der Waals surface area contributed by atoms with Crippen LogP contribution in [0.4, 0.5) is 0 Å². The van der Waals surface area contributed by atoms with E-state index in [1.54, 1.807) is 0 Å². The lowest BCUT2D eigenvalue weighted by atomic mass is 9.95. The van der Waals surface area contributed by atoms with Gasteiger partial charge in [-0.3, -0.25) is 14.4 Å². The quantitative estimate of drug-likeness (QED) is 0.315. The molecule has 0 aromatic carbocycles. The van der Waals surface area contributed by atoms with E-state index in [1.807, 2.05) is 41.5 Å². The van der Waals surface area contributed by atoms with E-state index in [2.05, 4.69) is 20.7 Å². The van der Waals surface area contributed by atoms with Crippen molar-refractivity contribution in [2.45, 2.75) is 92.0 Å². The number of amides is 3. The molecule has 3 amide bonds. The van der Waals surface area contributed by atoms with Crippen molar-refractivity contribution in [2.75, 3.05) is 7.11 Å². The van der Waals surface area contributed by atoms with Gasteiger partial charge in [0.2, 0.25) is 17.7 Å². The maximum Gasteiger partial charge on any atom is 0.328 e. The average molecular weight is 444 g/mol. The zero-order chi connectivity index (χ0) is 24.3. The molecule has 9 nitrogen and oxygen atoms in total. The summed E-state index contributed by atoms with van der Waals surface area (Å²) in [5.41, 5.74) is 0. The first kappa shape index (κ1) is 28.8. The van der Waals surface area contributed by atoms with Gasteiger partial charge in [-0.25, -0.2) is 4.79 Å². The first-order valence-corrected chi connectivity index (χ1v) is 10.9. The molecule has 4 N–H and O–H groups in total. The Labute approximate surface area is 186 Å². The molecule has 0 fully saturated rings. The van der Waals surface area contributed by atoms with Gasteiger partial charge >= 0.3 is 5.97 Å². The Kier molecular flexibility index (Phi) is 13.0. The van der Waals surface area contributed by atoms with Gasteiger partial charge in [0.05, 0.1) is 25.7 Å². The summed E-state index contributed by atoms with van der Waals surface area (Å²) in [6, 6.07) is -2.28. The number of esters is 1. The highest BCUT2D eigenvalue weighted by atomic mass is 16.5. The van der Waals surface area contributed by atoms with Crippen molar-refractivity contribution in [1.82, 2.24) is 16.0 Å². The van der Waals surface area contributed by atoms with E-state index in [-0.39, 0.29) is 30.1 Å². The summed E-state index contributed by atoms with van der Waals surface area (Å²) in [7, 11) is 1.22. The molecule has 0 radical (unpaired) electrons. The summed E-state index contributed by atoms with van der Waals surface area (Å²) in [6.07, 6.45) is -0.689. The number of nitrogens with one attached hydrogen (secondary N) is 3. The van der Waals surface area contributed by atoms with Crippen LogP contribution in [0.1, 0.15) is 67.7 Å². The smallest absolute Gasteiger partial charge is 0.328 e. The van der Waals surface area contributed by atoms with Gasteiger partial charge in [0, 0.05) is 6.42 Å². The van der Waals surface area contributed by atoms with Crippen LogP contribution < -0.4 is 16.0 Å². The van der Waals surface area contributed by atoms with Crippen LogP contribution >= 0.6 is 0 Å². The number of aliphatic hydroxyl groups excluding tert-OH is 1. The number of carbonyl (C=O) groups is 4. The van der Waals surface area contributed by atoms with Crippen LogP contribution in [0.25, 0.3) is 0 Å². The summed E-state index contributed by atoms with van der Waals surface area (Å²) >= 11 is 0. The number of ether oxygens (including phenoxy) is 1. The molecular formula is C22H41N3O6. The van der Waals surface area contributed by atoms with Crippen LogP contribution in [0.15, 0.2) is 0 Å². The van der Waals surface area contributed by atoms with Crippen LogP contribution in [0, 0.1) is 17.8 Å². The molecule has 31 heavy (non-hydrogen) atoms. The number of rotatable bonds is 13. The topological polar surface area (TPSA) is 134 Å². The van der Waals surface area contributed by atoms with E-state index in [1.165, 1.54) is 14.0 Å². The number of hydrogen-bond donors (Lipinski definition) is 4. The number of carbonyl (C=O) groups excluding carboxylic acids is 4. The maximum atomic E-state index is 12.9. The Morgan fingerprint density at radius 3 is 1.81 bits per heavy atom. The van der Waals surface area contributed by atoms with Gasteiger partial charge in [0.25, 0.3) is 0 Å². The van der Waals surface area contributed by atoms with E-state index in [0.717, 1.165) is 0 Å². The van der Waals surface area contributed by atoms with E-state index >= 15 is 0 Å². The fourth-order valence-electron chi connectivity index (χ4n) is 3.10. The van der Waals surface area contributed by atoms with E-state index < -0.39 is 42.0 Å². The van der Waals surface area contributed by atoms with Gasteiger partial charge in [-0.2, -0.15) is 0 Å². The third-order valence-electron chi connectivity index (χ3n) is 4.70. The van der Waals surface area contributed by atoms with Crippen molar-refractivity contribution in [2.24, 2.45) is 17.8 Å². The highest BCUT2D eigenvalue weighted by Crippen LogP contribution is 2.13. The highest BCUT2D eigenvalue weighted by Gasteiger charge is 2.30. The fourth-order valence-corrected chi connectivity index (χ4v) is 3.10. The third kappa shape index (κ3) is 11.7. The Balaban J connectivity index is 5.18. The summed E-state index contributed by atoms with van der Waals surface area (Å²) in [5.74, 6) is -1.58. The Bertz CT molecular complexity index is 606. The molecule has 4 atom stereocenters. The van der Waals surface area contributed by atoms with Crippen molar-refractivity contribution < 1.29 is 29.0 Å². The molecule has 0 saturated carbocycles. The SMILES string of the molecule is COC(=O)C(C)NC(=O)CC(O)C(CC(C)C)NC(=O)C(NC(=O)CC(C)C)C(C)C. The van der Waals surface area contributed by atoms with Gasteiger partial charge < -0.3 is 25.8 Å². The van der Waals surface area contributed by atoms with E-state index in [0.29, 0.717) is 12.8 Å². The minimum atomic E-state index is -1.16. The minimum absolute atomic E-state index is 0.144. The van der Waals surface area contributed by atoms with Crippen LogP contribution in [-0.2, 0) is 23.9 Å². The van der Waals surface area contributed by atoms with Crippen molar-refractivity contribution >= 4 is 23.7 Å². The molecule has 0 bridgehead atoms. The summed E-state index contributed by atoms with van der Waals surface area (Å²) in [5, 5.41) is 18.7. The van der Waals surface area contributed by atoms with Crippen LogP contribution in [0.3, 0.4) is 0 Å². The predicted molar refractivity (Wildman–Crippen MR) is 118 cm³/mol. The lowest BCUT2D eigenvalue weighted by Gasteiger charge is -2.29. The fraction of sp³-hybridized carbons (Fsp3) is 0.818. The second-order valence-electron chi connectivity index (χ2n) is 9.22. The normalized spacial score (nSPS) is 15.2. The Hall–Kier alpha value is -2.16. The molecule has 4 unspecified atom stereocenters. The molecule has 0 aliphatic carbocycles. The average Bonchev–Trinajstić information content (AvgIpc) is 2.63.